The minimum atomic E-state index is -0.189. The van der Waals surface area contributed by atoms with E-state index in [1.54, 1.807) is 17.8 Å². The summed E-state index contributed by atoms with van der Waals surface area (Å²) >= 11 is 1.73. The van der Waals surface area contributed by atoms with Gasteiger partial charge in [-0.2, -0.15) is 11.8 Å². The van der Waals surface area contributed by atoms with E-state index in [1.165, 1.54) is 6.07 Å². The van der Waals surface area contributed by atoms with Crippen LogP contribution in [0.1, 0.15) is 31.9 Å². The van der Waals surface area contributed by atoms with E-state index >= 15 is 0 Å². The van der Waals surface area contributed by atoms with E-state index in [0.717, 1.165) is 5.56 Å². The van der Waals surface area contributed by atoms with Crippen molar-refractivity contribution in [1.29, 1.82) is 0 Å². The van der Waals surface area contributed by atoms with E-state index < -0.39 is 0 Å². The van der Waals surface area contributed by atoms with E-state index in [-0.39, 0.29) is 10.6 Å². The predicted molar refractivity (Wildman–Crippen MR) is 73.4 cm³/mol. The molecule has 1 aromatic carbocycles. The number of benzene rings is 1. The molecule has 0 fully saturated rings. The van der Waals surface area contributed by atoms with Crippen LogP contribution in [0.4, 0.5) is 4.39 Å². The maximum absolute atomic E-state index is 13.7. The number of rotatable bonds is 2. The van der Waals surface area contributed by atoms with Crippen molar-refractivity contribution in [3.8, 4) is 11.8 Å². The molecule has 1 nitrogen and oxygen atoms in total. The summed E-state index contributed by atoms with van der Waals surface area (Å²) < 4.78 is 13.9. The molecule has 0 atom stereocenters. The standard InChI is InChI=1S/C14H18FNS/c1-14(2,3)17-10-12-7-6-11(5-4-8-16)9-13(12)15/h6-7,9H,8,10,16H2,1-3H3. The van der Waals surface area contributed by atoms with Crippen LogP contribution in [-0.4, -0.2) is 11.3 Å². The smallest absolute Gasteiger partial charge is 0.128 e. The van der Waals surface area contributed by atoms with Crippen molar-refractivity contribution in [2.45, 2.75) is 31.3 Å². The lowest BCUT2D eigenvalue weighted by molar-refractivity contribution is 0.616. The molecule has 0 aliphatic heterocycles. The maximum Gasteiger partial charge on any atom is 0.128 e. The van der Waals surface area contributed by atoms with Crippen molar-refractivity contribution < 1.29 is 4.39 Å². The lowest BCUT2D eigenvalue weighted by Gasteiger charge is -2.17. The van der Waals surface area contributed by atoms with Gasteiger partial charge >= 0.3 is 0 Å². The summed E-state index contributed by atoms with van der Waals surface area (Å²) in [6, 6.07) is 5.11. The fourth-order valence-corrected chi connectivity index (χ4v) is 2.01. The molecule has 0 aromatic heterocycles. The van der Waals surface area contributed by atoms with Gasteiger partial charge in [0.2, 0.25) is 0 Å². The van der Waals surface area contributed by atoms with Gasteiger partial charge in [-0.3, -0.25) is 0 Å². The topological polar surface area (TPSA) is 26.0 Å². The molecule has 0 spiro atoms. The van der Waals surface area contributed by atoms with Crippen molar-refractivity contribution in [3.05, 3.63) is 35.1 Å². The van der Waals surface area contributed by atoms with Gasteiger partial charge in [-0.1, -0.05) is 38.7 Å². The number of thioether (sulfide) groups is 1. The first-order valence-electron chi connectivity index (χ1n) is 5.54. The zero-order chi connectivity index (χ0) is 12.9. The summed E-state index contributed by atoms with van der Waals surface area (Å²) in [5.74, 6) is 6.03. The number of nitrogens with two attached hydrogens (primary N) is 1. The van der Waals surface area contributed by atoms with Gasteiger partial charge in [-0.15, -0.1) is 0 Å². The third kappa shape index (κ3) is 5.25. The summed E-state index contributed by atoms with van der Waals surface area (Å²) in [6.45, 7) is 6.66. The van der Waals surface area contributed by atoms with Crippen LogP contribution in [0.3, 0.4) is 0 Å². The van der Waals surface area contributed by atoms with Crippen LogP contribution in [0.25, 0.3) is 0 Å². The van der Waals surface area contributed by atoms with Gasteiger partial charge in [0.1, 0.15) is 5.82 Å². The third-order valence-electron chi connectivity index (χ3n) is 2.05. The summed E-state index contributed by atoms with van der Waals surface area (Å²) in [7, 11) is 0. The van der Waals surface area contributed by atoms with Crippen molar-refractivity contribution in [2.75, 3.05) is 6.54 Å². The average Bonchev–Trinajstić information content (AvgIpc) is 2.23. The lowest BCUT2D eigenvalue weighted by atomic mass is 10.1. The molecule has 0 radical (unpaired) electrons. The van der Waals surface area contributed by atoms with Gasteiger partial charge in [0.15, 0.2) is 0 Å². The van der Waals surface area contributed by atoms with E-state index in [9.17, 15) is 4.39 Å². The Bertz CT molecular complexity index is 438. The largest absolute Gasteiger partial charge is 0.320 e. The second-order valence-corrected chi connectivity index (χ2v) is 6.52. The predicted octanol–water partition coefficient (Wildman–Crippen LogP) is 3.17. The maximum atomic E-state index is 13.7. The van der Waals surface area contributed by atoms with Gasteiger partial charge in [0, 0.05) is 16.1 Å². The number of hydrogen-bond acceptors (Lipinski definition) is 2. The molecular formula is C14H18FNS. The van der Waals surface area contributed by atoms with Crippen LogP contribution < -0.4 is 5.73 Å². The van der Waals surface area contributed by atoms with Gasteiger partial charge in [-0.05, 0) is 17.7 Å². The van der Waals surface area contributed by atoms with Crippen LogP contribution >= 0.6 is 11.8 Å². The normalized spacial score (nSPS) is 10.9. The van der Waals surface area contributed by atoms with Gasteiger partial charge in [-0.25, -0.2) is 4.39 Å². The molecule has 0 bridgehead atoms. The molecule has 0 aliphatic rings. The van der Waals surface area contributed by atoms with Crippen LogP contribution in [0, 0.1) is 17.7 Å². The molecule has 92 valence electrons. The molecule has 0 aliphatic carbocycles. The summed E-state index contributed by atoms with van der Waals surface area (Å²) in [6.07, 6.45) is 0. The van der Waals surface area contributed by atoms with E-state index in [1.807, 2.05) is 6.07 Å². The Morgan fingerprint density at radius 3 is 2.59 bits per heavy atom. The Kier molecular flexibility index (Phi) is 5.04. The van der Waals surface area contributed by atoms with Gasteiger partial charge in [0.05, 0.1) is 6.54 Å². The Hall–Kier alpha value is -0.980. The molecule has 0 saturated heterocycles. The SMILES string of the molecule is CC(C)(C)SCc1ccc(C#CCN)cc1F. The van der Waals surface area contributed by atoms with Crippen LogP contribution in [0.15, 0.2) is 18.2 Å². The zero-order valence-electron chi connectivity index (χ0n) is 10.5. The van der Waals surface area contributed by atoms with Crippen molar-refractivity contribution in [3.63, 3.8) is 0 Å². The van der Waals surface area contributed by atoms with E-state index in [4.69, 9.17) is 5.73 Å². The van der Waals surface area contributed by atoms with Gasteiger partial charge in [0.25, 0.3) is 0 Å². The average molecular weight is 251 g/mol. The minimum absolute atomic E-state index is 0.143. The Balaban J connectivity index is 2.76. The lowest BCUT2D eigenvalue weighted by Crippen LogP contribution is -2.08. The molecule has 0 saturated carbocycles. The van der Waals surface area contributed by atoms with E-state index in [0.29, 0.717) is 17.9 Å². The first-order valence-corrected chi connectivity index (χ1v) is 6.52. The molecule has 3 heteroatoms. The second-order valence-electron chi connectivity index (χ2n) is 4.71. The minimum Gasteiger partial charge on any atom is -0.320 e. The van der Waals surface area contributed by atoms with Crippen LogP contribution in [0.2, 0.25) is 0 Å². The summed E-state index contributed by atoms with van der Waals surface area (Å²) in [5.41, 5.74) is 6.67. The molecule has 0 heterocycles. The monoisotopic (exact) mass is 251 g/mol. The second kappa shape index (κ2) is 6.09. The van der Waals surface area contributed by atoms with E-state index in [2.05, 4.69) is 32.6 Å². The molecule has 0 unspecified atom stereocenters. The Labute approximate surface area is 107 Å². The first-order chi connectivity index (χ1) is 7.92. The highest BCUT2D eigenvalue weighted by molar-refractivity contribution is 7.99. The number of hydrogen-bond donors (Lipinski definition) is 1. The molecule has 2 N–H and O–H groups in total. The fourth-order valence-electron chi connectivity index (χ4n) is 1.19. The van der Waals surface area contributed by atoms with Crippen LogP contribution in [0.5, 0.6) is 0 Å². The highest BCUT2D eigenvalue weighted by Gasteiger charge is 2.12. The highest BCUT2D eigenvalue weighted by Crippen LogP contribution is 2.28. The molecule has 0 amide bonds. The van der Waals surface area contributed by atoms with Gasteiger partial charge < -0.3 is 5.73 Å². The van der Waals surface area contributed by atoms with Crippen molar-refractivity contribution in [2.24, 2.45) is 5.73 Å². The molecular weight excluding hydrogens is 233 g/mol. The molecule has 1 aromatic rings. The molecule has 17 heavy (non-hydrogen) atoms. The highest BCUT2D eigenvalue weighted by atomic mass is 32.2. The quantitative estimate of drug-likeness (QED) is 0.817. The van der Waals surface area contributed by atoms with Crippen LogP contribution in [-0.2, 0) is 5.75 Å². The summed E-state index contributed by atoms with van der Waals surface area (Å²) in [5, 5.41) is 0. The number of halogens is 1. The zero-order valence-corrected chi connectivity index (χ0v) is 11.3. The molecule has 1 rings (SSSR count). The Morgan fingerprint density at radius 1 is 1.35 bits per heavy atom. The van der Waals surface area contributed by atoms with Crippen molar-refractivity contribution in [1.82, 2.24) is 0 Å². The summed E-state index contributed by atoms with van der Waals surface area (Å²) in [4.78, 5) is 0. The third-order valence-corrected chi connectivity index (χ3v) is 3.37. The fraction of sp³-hybridized carbons (Fsp3) is 0.429. The first kappa shape index (κ1) is 14.1. The van der Waals surface area contributed by atoms with Crippen molar-refractivity contribution >= 4 is 11.8 Å². The Morgan fingerprint density at radius 2 is 2.06 bits per heavy atom.